The molecule has 3 aromatic rings. The molecule has 0 saturated heterocycles. The average molecular weight is 288 g/mol. The van der Waals surface area contributed by atoms with Crippen molar-refractivity contribution >= 4 is 32.8 Å². The van der Waals surface area contributed by atoms with E-state index in [4.69, 9.17) is 0 Å². The van der Waals surface area contributed by atoms with Crippen molar-refractivity contribution in [2.24, 2.45) is 0 Å². The molecule has 0 aliphatic carbocycles. The molecule has 98 valence electrons. The van der Waals surface area contributed by atoms with Crippen molar-refractivity contribution in [3.05, 3.63) is 51.3 Å². The third-order valence-electron chi connectivity index (χ3n) is 3.34. The van der Waals surface area contributed by atoms with Crippen molar-refractivity contribution in [2.75, 3.05) is 0 Å². The fraction of sp³-hybridized carbons (Fsp3) is 0.267. The summed E-state index contributed by atoms with van der Waals surface area (Å²) >= 11 is 3.59. The molecule has 0 aliphatic heterocycles. The highest BCUT2D eigenvalue weighted by Gasteiger charge is 2.13. The first-order valence-corrected chi connectivity index (χ1v) is 8.04. The Morgan fingerprint density at radius 1 is 1.32 bits per heavy atom. The Morgan fingerprint density at radius 3 is 2.89 bits per heavy atom. The van der Waals surface area contributed by atoms with Crippen LogP contribution in [0, 0.1) is 6.92 Å². The number of thiophene rings is 1. The standard InChI is InChI=1S/C15H16N2S2/c1-10-13-5-3-4-6-14(13)19-15(10)11(2)17-8-12-7-16-9-18-12/h3-7,9,11,17H,8H2,1-2H3. The molecule has 0 radical (unpaired) electrons. The van der Waals surface area contributed by atoms with Gasteiger partial charge >= 0.3 is 0 Å². The SMILES string of the molecule is Cc1c(C(C)NCc2cncs2)sc2ccccc12. The summed E-state index contributed by atoms with van der Waals surface area (Å²) in [5.74, 6) is 0. The van der Waals surface area contributed by atoms with Crippen LogP contribution in [0.5, 0.6) is 0 Å². The minimum absolute atomic E-state index is 0.375. The van der Waals surface area contributed by atoms with Gasteiger partial charge in [0.2, 0.25) is 0 Å². The fourth-order valence-corrected chi connectivity index (χ4v) is 4.07. The van der Waals surface area contributed by atoms with Gasteiger partial charge in [-0.15, -0.1) is 22.7 Å². The maximum absolute atomic E-state index is 4.11. The maximum Gasteiger partial charge on any atom is 0.0794 e. The van der Waals surface area contributed by atoms with E-state index in [9.17, 15) is 0 Å². The Balaban J connectivity index is 1.81. The molecule has 0 saturated carbocycles. The van der Waals surface area contributed by atoms with Gasteiger partial charge in [-0.3, -0.25) is 4.98 Å². The lowest BCUT2D eigenvalue weighted by atomic mass is 10.1. The molecule has 4 heteroatoms. The molecule has 2 heterocycles. The summed E-state index contributed by atoms with van der Waals surface area (Å²) in [6, 6.07) is 9.01. The van der Waals surface area contributed by atoms with Crippen LogP contribution in [0.3, 0.4) is 0 Å². The van der Waals surface area contributed by atoms with Gasteiger partial charge in [-0.05, 0) is 30.9 Å². The molecule has 1 N–H and O–H groups in total. The first-order chi connectivity index (χ1) is 9.25. The molecule has 0 spiro atoms. The van der Waals surface area contributed by atoms with Gasteiger partial charge in [-0.1, -0.05) is 18.2 Å². The zero-order valence-corrected chi connectivity index (χ0v) is 12.6. The molecule has 1 aromatic carbocycles. The van der Waals surface area contributed by atoms with Crippen LogP contribution in [0.25, 0.3) is 10.1 Å². The topological polar surface area (TPSA) is 24.9 Å². The van der Waals surface area contributed by atoms with E-state index in [0.29, 0.717) is 6.04 Å². The predicted octanol–water partition coefficient (Wildman–Crippen LogP) is 4.52. The molecule has 0 bridgehead atoms. The van der Waals surface area contributed by atoms with E-state index in [2.05, 4.69) is 48.4 Å². The molecule has 0 fully saturated rings. The van der Waals surface area contributed by atoms with E-state index < -0.39 is 0 Å². The lowest BCUT2D eigenvalue weighted by molar-refractivity contribution is 0.585. The quantitative estimate of drug-likeness (QED) is 0.763. The minimum Gasteiger partial charge on any atom is -0.304 e. The number of aryl methyl sites for hydroxylation is 1. The number of hydrogen-bond acceptors (Lipinski definition) is 4. The predicted molar refractivity (Wildman–Crippen MR) is 83.9 cm³/mol. The Morgan fingerprint density at radius 2 is 2.16 bits per heavy atom. The Kier molecular flexibility index (Phi) is 3.64. The van der Waals surface area contributed by atoms with Gasteiger partial charge in [0, 0.05) is 33.2 Å². The lowest BCUT2D eigenvalue weighted by Gasteiger charge is -2.12. The van der Waals surface area contributed by atoms with Gasteiger partial charge in [0.15, 0.2) is 0 Å². The van der Waals surface area contributed by atoms with Gasteiger partial charge in [0.25, 0.3) is 0 Å². The summed E-state index contributed by atoms with van der Waals surface area (Å²) in [6.07, 6.45) is 1.93. The molecule has 19 heavy (non-hydrogen) atoms. The van der Waals surface area contributed by atoms with Gasteiger partial charge in [0.1, 0.15) is 0 Å². The maximum atomic E-state index is 4.11. The summed E-state index contributed by atoms with van der Waals surface area (Å²) in [4.78, 5) is 6.83. The molecule has 1 atom stereocenters. The number of benzene rings is 1. The van der Waals surface area contributed by atoms with Crippen LogP contribution in [0.15, 0.2) is 36.0 Å². The number of fused-ring (bicyclic) bond motifs is 1. The number of nitrogens with zero attached hydrogens (tertiary/aromatic N) is 1. The van der Waals surface area contributed by atoms with Crippen molar-refractivity contribution in [1.29, 1.82) is 0 Å². The highest BCUT2D eigenvalue weighted by molar-refractivity contribution is 7.19. The van der Waals surface area contributed by atoms with Crippen molar-refractivity contribution in [3.63, 3.8) is 0 Å². The van der Waals surface area contributed by atoms with Crippen molar-refractivity contribution in [1.82, 2.24) is 10.3 Å². The number of nitrogens with one attached hydrogen (secondary N) is 1. The smallest absolute Gasteiger partial charge is 0.0794 e. The molecular weight excluding hydrogens is 272 g/mol. The largest absolute Gasteiger partial charge is 0.304 e. The van der Waals surface area contributed by atoms with Crippen LogP contribution in [0.2, 0.25) is 0 Å². The average Bonchev–Trinajstić information content (AvgIpc) is 3.05. The zero-order chi connectivity index (χ0) is 13.2. The molecule has 2 aromatic heterocycles. The molecular formula is C15H16N2S2. The third kappa shape index (κ3) is 2.56. The number of hydrogen-bond donors (Lipinski definition) is 1. The third-order valence-corrected chi connectivity index (χ3v) is 5.57. The fourth-order valence-electron chi connectivity index (χ4n) is 2.28. The van der Waals surface area contributed by atoms with E-state index in [0.717, 1.165) is 6.54 Å². The monoisotopic (exact) mass is 288 g/mol. The lowest BCUT2D eigenvalue weighted by Crippen LogP contribution is -2.17. The Hall–Kier alpha value is -1.23. The summed E-state index contributed by atoms with van der Waals surface area (Å²) < 4.78 is 1.38. The Labute approximate surface area is 121 Å². The summed E-state index contributed by atoms with van der Waals surface area (Å²) in [5.41, 5.74) is 3.29. The highest BCUT2D eigenvalue weighted by Crippen LogP contribution is 2.34. The van der Waals surface area contributed by atoms with Gasteiger partial charge in [-0.2, -0.15) is 0 Å². The van der Waals surface area contributed by atoms with Crippen LogP contribution in [0.4, 0.5) is 0 Å². The van der Waals surface area contributed by atoms with Crippen LogP contribution in [0.1, 0.15) is 28.3 Å². The molecule has 0 aliphatic rings. The van der Waals surface area contributed by atoms with Crippen LogP contribution in [-0.2, 0) is 6.54 Å². The summed E-state index contributed by atoms with van der Waals surface area (Å²) in [7, 11) is 0. The van der Waals surface area contributed by atoms with Crippen molar-refractivity contribution in [2.45, 2.75) is 26.4 Å². The van der Waals surface area contributed by atoms with Crippen molar-refractivity contribution < 1.29 is 0 Å². The highest BCUT2D eigenvalue weighted by atomic mass is 32.1. The number of thiazole rings is 1. The number of aromatic nitrogens is 1. The number of rotatable bonds is 4. The molecule has 1 unspecified atom stereocenters. The molecule has 2 nitrogen and oxygen atoms in total. The van der Waals surface area contributed by atoms with Crippen LogP contribution in [-0.4, -0.2) is 4.98 Å². The summed E-state index contributed by atoms with van der Waals surface area (Å²) in [6.45, 7) is 5.34. The van der Waals surface area contributed by atoms with Crippen LogP contribution < -0.4 is 5.32 Å². The summed E-state index contributed by atoms with van der Waals surface area (Å²) in [5, 5.41) is 4.97. The first kappa shape index (κ1) is 12.8. The van der Waals surface area contributed by atoms with Gasteiger partial charge < -0.3 is 5.32 Å². The van der Waals surface area contributed by atoms with Gasteiger partial charge in [-0.25, -0.2) is 0 Å². The zero-order valence-electron chi connectivity index (χ0n) is 11.0. The second kappa shape index (κ2) is 5.41. The Bertz CT molecular complexity index is 671. The van der Waals surface area contributed by atoms with E-state index >= 15 is 0 Å². The van der Waals surface area contributed by atoms with Crippen molar-refractivity contribution in [3.8, 4) is 0 Å². The molecule has 0 amide bonds. The van der Waals surface area contributed by atoms with Crippen LogP contribution >= 0.6 is 22.7 Å². The first-order valence-electron chi connectivity index (χ1n) is 6.34. The van der Waals surface area contributed by atoms with E-state index in [1.54, 1.807) is 11.3 Å². The molecule has 3 rings (SSSR count). The van der Waals surface area contributed by atoms with E-state index in [1.165, 1.54) is 25.4 Å². The van der Waals surface area contributed by atoms with E-state index in [-0.39, 0.29) is 0 Å². The minimum atomic E-state index is 0.375. The normalized spacial score (nSPS) is 12.9. The van der Waals surface area contributed by atoms with E-state index in [1.807, 2.05) is 23.0 Å². The second-order valence-electron chi connectivity index (χ2n) is 4.66. The van der Waals surface area contributed by atoms with Gasteiger partial charge in [0.05, 0.1) is 5.51 Å². The second-order valence-corrected chi connectivity index (χ2v) is 6.71.